The molecule has 1 N–H and O–H groups in total. The maximum atomic E-state index is 13.1. The van der Waals surface area contributed by atoms with E-state index in [1.807, 2.05) is 20.0 Å². The zero-order chi connectivity index (χ0) is 13.0. The summed E-state index contributed by atoms with van der Waals surface area (Å²) in [5.41, 5.74) is 3.58. The van der Waals surface area contributed by atoms with Crippen LogP contribution in [-0.2, 0) is 6.42 Å². The number of hydrogen-bond donors (Lipinski definition) is 1. The number of halogens is 1. The van der Waals surface area contributed by atoms with E-state index in [1.54, 1.807) is 17.4 Å². The number of hydrogen-bond acceptors (Lipinski definition) is 2. The van der Waals surface area contributed by atoms with Gasteiger partial charge in [0.25, 0.3) is 0 Å². The Balaban J connectivity index is 2.08. The fraction of sp³-hybridized carbons (Fsp3) is 0.333. The van der Waals surface area contributed by atoms with E-state index < -0.39 is 0 Å². The van der Waals surface area contributed by atoms with E-state index >= 15 is 0 Å². The number of thiophene rings is 1. The fourth-order valence-electron chi connectivity index (χ4n) is 2.23. The molecule has 1 unspecified atom stereocenters. The monoisotopic (exact) mass is 263 g/mol. The van der Waals surface area contributed by atoms with Crippen molar-refractivity contribution in [2.45, 2.75) is 25.8 Å². The molecule has 0 bridgehead atoms. The summed E-state index contributed by atoms with van der Waals surface area (Å²) in [6.07, 6.45) is 2.07. The van der Waals surface area contributed by atoms with Gasteiger partial charge in [-0.15, -0.1) is 0 Å². The molecule has 0 saturated carbocycles. The molecule has 96 valence electrons. The molecule has 2 rings (SSSR count). The van der Waals surface area contributed by atoms with Crippen LogP contribution in [0.25, 0.3) is 0 Å². The summed E-state index contributed by atoms with van der Waals surface area (Å²) < 4.78 is 13.1. The largest absolute Gasteiger partial charge is 0.313 e. The van der Waals surface area contributed by atoms with Gasteiger partial charge in [0, 0.05) is 6.04 Å². The molecule has 2 aromatic rings. The molecule has 0 fully saturated rings. The van der Waals surface area contributed by atoms with E-state index in [-0.39, 0.29) is 11.9 Å². The average Bonchev–Trinajstić information content (AvgIpc) is 2.85. The first kappa shape index (κ1) is 13.2. The Morgan fingerprint density at radius 3 is 2.78 bits per heavy atom. The first-order chi connectivity index (χ1) is 8.70. The number of benzene rings is 1. The van der Waals surface area contributed by atoms with Crippen molar-refractivity contribution in [2.24, 2.45) is 0 Å². The van der Waals surface area contributed by atoms with Crippen LogP contribution < -0.4 is 5.32 Å². The topological polar surface area (TPSA) is 12.0 Å². The van der Waals surface area contributed by atoms with E-state index in [2.05, 4.69) is 22.1 Å². The van der Waals surface area contributed by atoms with E-state index in [1.165, 1.54) is 17.2 Å². The van der Waals surface area contributed by atoms with Gasteiger partial charge in [-0.3, -0.25) is 0 Å². The van der Waals surface area contributed by atoms with Crippen LogP contribution in [0.1, 0.15) is 29.2 Å². The molecule has 0 aliphatic rings. The molecule has 0 saturated heterocycles. The smallest absolute Gasteiger partial charge is 0.123 e. The van der Waals surface area contributed by atoms with Gasteiger partial charge in [-0.1, -0.05) is 6.07 Å². The molecule has 0 aliphatic carbocycles. The first-order valence-corrected chi connectivity index (χ1v) is 7.09. The van der Waals surface area contributed by atoms with Crippen LogP contribution in [0.3, 0.4) is 0 Å². The lowest BCUT2D eigenvalue weighted by atomic mass is 9.96. The van der Waals surface area contributed by atoms with E-state index in [0.717, 1.165) is 18.4 Å². The van der Waals surface area contributed by atoms with Gasteiger partial charge in [0.05, 0.1) is 0 Å². The van der Waals surface area contributed by atoms with Crippen molar-refractivity contribution in [3.05, 3.63) is 57.5 Å². The summed E-state index contributed by atoms with van der Waals surface area (Å²) in [6.45, 7) is 1.97. The molecular formula is C15H18FNS. The van der Waals surface area contributed by atoms with E-state index in [4.69, 9.17) is 0 Å². The van der Waals surface area contributed by atoms with E-state index in [0.29, 0.717) is 0 Å². The van der Waals surface area contributed by atoms with Gasteiger partial charge in [-0.05, 0) is 72.5 Å². The lowest BCUT2D eigenvalue weighted by molar-refractivity contribution is 0.544. The van der Waals surface area contributed by atoms with Gasteiger partial charge in [0.15, 0.2) is 0 Å². The second-order valence-corrected chi connectivity index (χ2v) is 5.29. The Hall–Kier alpha value is -1.19. The summed E-state index contributed by atoms with van der Waals surface area (Å²) in [5.74, 6) is -0.163. The summed E-state index contributed by atoms with van der Waals surface area (Å²) in [4.78, 5) is 0. The van der Waals surface area contributed by atoms with Crippen LogP contribution in [0, 0.1) is 12.7 Å². The Morgan fingerprint density at radius 1 is 1.33 bits per heavy atom. The molecule has 1 aromatic carbocycles. The summed E-state index contributed by atoms with van der Waals surface area (Å²) in [5, 5.41) is 7.61. The molecule has 18 heavy (non-hydrogen) atoms. The second-order valence-electron chi connectivity index (χ2n) is 4.51. The predicted molar refractivity (Wildman–Crippen MR) is 75.6 cm³/mol. The van der Waals surface area contributed by atoms with Crippen LogP contribution >= 0.6 is 11.3 Å². The van der Waals surface area contributed by atoms with Crippen molar-refractivity contribution in [3.8, 4) is 0 Å². The van der Waals surface area contributed by atoms with Crippen LogP contribution in [0.5, 0.6) is 0 Å². The second kappa shape index (κ2) is 6.12. The van der Waals surface area contributed by atoms with Crippen LogP contribution in [0.15, 0.2) is 35.0 Å². The van der Waals surface area contributed by atoms with Gasteiger partial charge in [0.1, 0.15) is 5.82 Å². The SMILES string of the molecule is CNC(CCc1ccsc1)c1ccc(F)cc1C. The Bertz CT molecular complexity index is 493. The number of nitrogens with one attached hydrogen (secondary N) is 1. The molecule has 3 heteroatoms. The third-order valence-corrected chi connectivity index (χ3v) is 3.99. The highest BCUT2D eigenvalue weighted by molar-refractivity contribution is 7.07. The fourth-order valence-corrected chi connectivity index (χ4v) is 2.93. The minimum absolute atomic E-state index is 0.163. The Morgan fingerprint density at radius 2 is 2.17 bits per heavy atom. The molecular weight excluding hydrogens is 245 g/mol. The summed E-state index contributed by atoms with van der Waals surface area (Å²) in [7, 11) is 1.96. The van der Waals surface area contributed by atoms with Gasteiger partial charge < -0.3 is 5.32 Å². The van der Waals surface area contributed by atoms with Crippen molar-refractivity contribution in [2.75, 3.05) is 7.05 Å². The van der Waals surface area contributed by atoms with Crippen LogP contribution in [-0.4, -0.2) is 7.05 Å². The van der Waals surface area contributed by atoms with Crippen LogP contribution in [0.2, 0.25) is 0 Å². The zero-order valence-corrected chi connectivity index (χ0v) is 11.6. The van der Waals surface area contributed by atoms with Gasteiger partial charge in [-0.25, -0.2) is 4.39 Å². The van der Waals surface area contributed by atoms with Crippen molar-refractivity contribution in [1.29, 1.82) is 0 Å². The highest BCUT2D eigenvalue weighted by atomic mass is 32.1. The van der Waals surface area contributed by atoms with Gasteiger partial charge in [-0.2, -0.15) is 11.3 Å². The Kier molecular flexibility index (Phi) is 4.50. The molecule has 0 radical (unpaired) electrons. The maximum absolute atomic E-state index is 13.1. The molecule has 1 heterocycles. The van der Waals surface area contributed by atoms with Gasteiger partial charge >= 0.3 is 0 Å². The van der Waals surface area contributed by atoms with Crippen molar-refractivity contribution in [3.63, 3.8) is 0 Å². The molecule has 1 aromatic heterocycles. The minimum Gasteiger partial charge on any atom is -0.313 e. The normalized spacial score (nSPS) is 12.6. The highest BCUT2D eigenvalue weighted by Gasteiger charge is 2.12. The lowest BCUT2D eigenvalue weighted by Crippen LogP contribution is -2.18. The molecule has 0 aliphatic heterocycles. The Labute approximate surface area is 112 Å². The maximum Gasteiger partial charge on any atom is 0.123 e. The third-order valence-electron chi connectivity index (χ3n) is 3.26. The van der Waals surface area contributed by atoms with E-state index in [9.17, 15) is 4.39 Å². The molecule has 1 nitrogen and oxygen atoms in total. The highest BCUT2D eigenvalue weighted by Crippen LogP contribution is 2.23. The van der Waals surface area contributed by atoms with Crippen LogP contribution in [0.4, 0.5) is 4.39 Å². The van der Waals surface area contributed by atoms with Crippen molar-refractivity contribution < 1.29 is 4.39 Å². The minimum atomic E-state index is -0.163. The number of aryl methyl sites for hydroxylation is 2. The van der Waals surface area contributed by atoms with Crippen molar-refractivity contribution >= 4 is 11.3 Å². The first-order valence-electron chi connectivity index (χ1n) is 6.15. The zero-order valence-electron chi connectivity index (χ0n) is 10.7. The molecule has 0 spiro atoms. The number of rotatable bonds is 5. The van der Waals surface area contributed by atoms with Crippen molar-refractivity contribution in [1.82, 2.24) is 5.32 Å². The van der Waals surface area contributed by atoms with Gasteiger partial charge in [0.2, 0.25) is 0 Å². The molecule has 1 atom stereocenters. The lowest BCUT2D eigenvalue weighted by Gasteiger charge is -2.18. The third kappa shape index (κ3) is 3.18. The average molecular weight is 263 g/mol. The summed E-state index contributed by atoms with van der Waals surface area (Å²) in [6, 6.07) is 7.47. The quantitative estimate of drug-likeness (QED) is 0.856. The standard InChI is InChI=1S/C15H18FNS/c1-11-9-13(16)4-5-14(11)15(17-2)6-3-12-7-8-18-10-12/h4-5,7-10,15,17H,3,6H2,1-2H3. The predicted octanol–water partition coefficient (Wildman–Crippen LogP) is 4.09. The molecule has 0 amide bonds. The summed E-state index contributed by atoms with van der Waals surface area (Å²) >= 11 is 1.73.